The summed E-state index contributed by atoms with van der Waals surface area (Å²) in [6.45, 7) is 4.92. The molecule has 0 aliphatic heterocycles. The van der Waals surface area contributed by atoms with Gasteiger partial charge in [0.05, 0.1) is 17.5 Å². The molecule has 4 aromatic rings. The Morgan fingerprint density at radius 1 is 1.03 bits per heavy atom. The van der Waals surface area contributed by atoms with Gasteiger partial charge in [0.1, 0.15) is 5.82 Å². The van der Waals surface area contributed by atoms with Crippen LogP contribution in [0.5, 0.6) is 0 Å². The molecule has 0 fully saturated rings. The average Bonchev–Trinajstić information content (AvgIpc) is 3.34. The van der Waals surface area contributed by atoms with Crippen molar-refractivity contribution < 1.29 is 8.81 Å². The molecular weight excluding hydrogens is 387 g/mol. The summed E-state index contributed by atoms with van der Waals surface area (Å²) in [6, 6.07) is 16.5. The molecule has 2 aromatic carbocycles. The van der Waals surface area contributed by atoms with Crippen LogP contribution in [0.4, 0.5) is 4.39 Å². The van der Waals surface area contributed by atoms with E-state index in [0.29, 0.717) is 35.5 Å². The Morgan fingerprint density at radius 3 is 2.55 bits per heavy atom. The highest BCUT2D eigenvalue weighted by Crippen LogP contribution is 2.29. The maximum Gasteiger partial charge on any atom is 0.205 e. The minimum atomic E-state index is -0.304. The van der Waals surface area contributed by atoms with Crippen LogP contribution in [0.3, 0.4) is 0 Å². The van der Waals surface area contributed by atoms with Crippen molar-refractivity contribution in [3.63, 3.8) is 0 Å². The number of nitrogens with zero attached hydrogens (tertiary/aromatic N) is 4. The fourth-order valence-corrected chi connectivity index (χ4v) is 3.81. The summed E-state index contributed by atoms with van der Waals surface area (Å²) in [7, 11) is 0. The summed E-state index contributed by atoms with van der Waals surface area (Å²) in [6.07, 6.45) is 1.73. The molecule has 0 spiro atoms. The number of halogens is 1. The molecule has 0 saturated carbocycles. The highest BCUT2D eigenvalue weighted by molar-refractivity contribution is 7.98. The van der Waals surface area contributed by atoms with Crippen LogP contribution in [0.1, 0.15) is 19.7 Å². The number of oxazole rings is 1. The van der Waals surface area contributed by atoms with Crippen LogP contribution in [0.25, 0.3) is 22.7 Å². The molecule has 0 aliphatic carbocycles. The zero-order chi connectivity index (χ0) is 20.2. The molecule has 4 rings (SSSR count). The van der Waals surface area contributed by atoms with E-state index in [1.165, 1.54) is 17.8 Å². The standard InChI is InChI=1S/C22H21FN4OS/c1-15(2)13-27-21(17-10-6-7-11-18(17)23)25-26-22(27)29-14-20-24-12-19(28-20)16-8-4-3-5-9-16/h3-12,15H,13-14H2,1-2H3. The van der Waals surface area contributed by atoms with E-state index in [2.05, 4.69) is 29.0 Å². The lowest BCUT2D eigenvalue weighted by Crippen LogP contribution is -2.08. The largest absolute Gasteiger partial charge is 0.440 e. The summed E-state index contributed by atoms with van der Waals surface area (Å²) in [4.78, 5) is 4.37. The van der Waals surface area contributed by atoms with Crippen LogP contribution in [0.15, 0.2) is 70.4 Å². The van der Waals surface area contributed by atoms with Crippen molar-refractivity contribution >= 4 is 11.8 Å². The minimum absolute atomic E-state index is 0.304. The number of thioether (sulfide) groups is 1. The van der Waals surface area contributed by atoms with E-state index >= 15 is 0 Å². The van der Waals surface area contributed by atoms with Gasteiger partial charge in [0, 0.05) is 12.1 Å². The van der Waals surface area contributed by atoms with Crippen molar-refractivity contribution in [1.29, 1.82) is 0 Å². The first-order valence-corrected chi connectivity index (χ1v) is 10.4. The van der Waals surface area contributed by atoms with Gasteiger partial charge in [-0.25, -0.2) is 9.37 Å². The van der Waals surface area contributed by atoms with Gasteiger partial charge in [-0.3, -0.25) is 0 Å². The SMILES string of the molecule is CC(C)Cn1c(SCc2ncc(-c3ccccc3)o2)nnc1-c1ccccc1F. The Hall–Kier alpha value is -2.93. The van der Waals surface area contributed by atoms with E-state index in [0.717, 1.165) is 16.5 Å². The Bertz CT molecular complexity index is 1090. The summed E-state index contributed by atoms with van der Waals surface area (Å²) in [5.74, 6) is 2.46. The molecule has 0 amide bonds. The molecule has 0 radical (unpaired) electrons. The van der Waals surface area contributed by atoms with E-state index in [1.807, 2.05) is 34.9 Å². The molecule has 29 heavy (non-hydrogen) atoms. The molecule has 0 aliphatic rings. The van der Waals surface area contributed by atoms with Gasteiger partial charge in [0.2, 0.25) is 5.89 Å². The monoisotopic (exact) mass is 408 g/mol. The van der Waals surface area contributed by atoms with Gasteiger partial charge in [-0.2, -0.15) is 0 Å². The van der Waals surface area contributed by atoms with Crippen LogP contribution >= 0.6 is 11.8 Å². The highest BCUT2D eigenvalue weighted by atomic mass is 32.2. The maximum absolute atomic E-state index is 14.3. The lowest BCUT2D eigenvalue weighted by atomic mass is 10.2. The Morgan fingerprint density at radius 2 is 1.79 bits per heavy atom. The number of hydrogen-bond acceptors (Lipinski definition) is 5. The first-order valence-electron chi connectivity index (χ1n) is 9.43. The van der Waals surface area contributed by atoms with Crippen molar-refractivity contribution in [2.24, 2.45) is 5.92 Å². The Balaban J connectivity index is 1.56. The van der Waals surface area contributed by atoms with Crippen molar-refractivity contribution in [2.45, 2.75) is 31.3 Å². The molecule has 0 bridgehead atoms. The molecule has 2 heterocycles. The first kappa shape index (κ1) is 19.4. The van der Waals surface area contributed by atoms with Gasteiger partial charge < -0.3 is 8.98 Å². The summed E-state index contributed by atoms with van der Waals surface area (Å²) in [5, 5.41) is 9.29. The quantitative estimate of drug-likeness (QED) is 0.368. The first-order chi connectivity index (χ1) is 14.1. The van der Waals surface area contributed by atoms with Gasteiger partial charge >= 0.3 is 0 Å². The molecule has 0 unspecified atom stereocenters. The van der Waals surface area contributed by atoms with Crippen LogP contribution in [-0.2, 0) is 12.3 Å². The van der Waals surface area contributed by atoms with E-state index in [1.54, 1.807) is 24.4 Å². The van der Waals surface area contributed by atoms with E-state index in [-0.39, 0.29) is 5.82 Å². The second-order valence-corrected chi connectivity index (χ2v) is 8.01. The zero-order valence-electron chi connectivity index (χ0n) is 16.2. The molecule has 2 aromatic heterocycles. The lowest BCUT2D eigenvalue weighted by molar-refractivity contribution is 0.495. The predicted molar refractivity (Wildman–Crippen MR) is 112 cm³/mol. The van der Waals surface area contributed by atoms with E-state index < -0.39 is 0 Å². The van der Waals surface area contributed by atoms with Gasteiger partial charge in [-0.15, -0.1) is 10.2 Å². The van der Waals surface area contributed by atoms with Crippen molar-refractivity contribution in [2.75, 3.05) is 0 Å². The van der Waals surface area contributed by atoms with Crippen LogP contribution in [-0.4, -0.2) is 19.7 Å². The molecule has 0 atom stereocenters. The topological polar surface area (TPSA) is 56.7 Å². The second kappa shape index (κ2) is 8.61. The van der Waals surface area contributed by atoms with Crippen LogP contribution in [0.2, 0.25) is 0 Å². The van der Waals surface area contributed by atoms with Gasteiger partial charge in [-0.1, -0.05) is 68.1 Å². The van der Waals surface area contributed by atoms with Crippen molar-refractivity contribution in [3.8, 4) is 22.7 Å². The lowest BCUT2D eigenvalue weighted by Gasteiger charge is -2.12. The number of rotatable bonds is 7. The number of aromatic nitrogens is 4. The molecule has 7 heteroatoms. The van der Waals surface area contributed by atoms with Crippen molar-refractivity contribution in [1.82, 2.24) is 19.7 Å². The molecule has 0 saturated heterocycles. The maximum atomic E-state index is 14.3. The predicted octanol–water partition coefficient (Wildman–Crippen LogP) is 5.69. The van der Waals surface area contributed by atoms with Crippen LogP contribution < -0.4 is 0 Å². The molecular formula is C22H21FN4OS. The van der Waals surface area contributed by atoms with Gasteiger partial charge in [-0.05, 0) is 18.1 Å². The molecule has 148 valence electrons. The third kappa shape index (κ3) is 4.40. The van der Waals surface area contributed by atoms with Crippen molar-refractivity contribution in [3.05, 3.63) is 72.5 Å². The van der Waals surface area contributed by atoms with Gasteiger partial charge in [0.25, 0.3) is 0 Å². The van der Waals surface area contributed by atoms with E-state index in [9.17, 15) is 4.39 Å². The number of benzene rings is 2. The number of hydrogen-bond donors (Lipinski definition) is 0. The molecule has 0 N–H and O–H groups in total. The third-order valence-corrected chi connectivity index (χ3v) is 5.27. The summed E-state index contributed by atoms with van der Waals surface area (Å²) >= 11 is 1.48. The highest BCUT2D eigenvalue weighted by Gasteiger charge is 2.18. The third-order valence-electron chi connectivity index (χ3n) is 4.32. The fourth-order valence-electron chi connectivity index (χ4n) is 3.01. The summed E-state index contributed by atoms with van der Waals surface area (Å²) < 4.78 is 22.1. The fraction of sp³-hybridized carbons (Fsp3) is 0.227. The second-order valence-electron chi connectivity index (χ2n) is 7.06. The average molecular weight is 409 g/mol. The van der Waals surface area contributed by atoms with E-state index in [4.69, 9.17) is 4.42 Å². The Labute approximate surface area is 173 Å². The van der Waals surface area contributed by atoms with Gasteiger partial charge in [0.15, 0.2) is 16.7 Å². The zero-order valence-corrected chi connectivity index (χ0v) is 17.1. The smallest absolute Gasteiger partial charge is 0.205 e. The summed E-state index contributed by atoms with van der Waals surface area (Å²) in [5.41, 5.74) is 1.44. The minimum Gasteiger partial charge on any atom is -0.440 e. The normalized spacial score (nSPS) is 11.3. The Kier molecular flexibility index (Phi) is 5.76. The van der Waals surface area contributed by atoms with Crippen LogP contribution in [0, 0.1) is 11.7 Å². The molecule has 5 nitrogen and oxygen atoms in total.